The van der Waals surface area contributed by atoms with Gasteiger partial charge in [-0.05, 0) is 54.4 Å². The lowest BCUT2D eigenvalue weighted by atomic mass is 9.98. The predicted octanol–water partition coefficient (Wildman–Crippen LogP) is 3.92. The van der Waals surface area contributed by atoms with Crippen LogP contribution in [0.4, 0.5) is 9.59 Å². The van der Waals surface area contributed by atoms with Crippen LogP contribution in [0.25, 0.3) is 0 Å². The number of rotatable bonds is 20. The first-order valence-electron chi connectivity index (χ1n) is 24.1. The Hall–Kier alpha value is -5.38. The van der Waals surface area contributed by atoms with Gasteiger partial charge in [0, 0.05) is 55.4 Å². The molecule has 0 saturated carbocycles. The van der Waals surface area contributed by atoms with E-state index in [0.717, 1.165) is 47.5 Å². The fraction of sp³-hybridized carbons (Fsp3) is 0.792. The molecule has 12 atom stereocenters. The van der Waals surface area contributed by atoms with Gasteiger partial charge in [0.25, 0.3) is 0 Å². The first-order valence-corrected chi connectivity index (χ1v) is 25.0. The summed E-state index contributed by atoms with van der Waals surface area (Å²) in [6, 6.07) is -0.707. The summed E-state index contributed by atoms with van der Waals surface area (Å²) in [6.07, 6.45) is -8.86. The number of ether oxygens (including phenoxy) is 13. The zero-order chi connectivity index (χ0) is 58.0. The van der Waals surface area contributed by atoms with Crippen LogP contribution in [0.3, 0.4) is 0 Å². The van der Waals surface area contributed by atoms with Crippen molar-refractivity contribution in [3.8, 4) is 0 Å². The summed E-state index contributed by atoms with van der Waals surface area (Å²) in [6.45, 7) is 23.1. The fourth-order valence-corrected chi connectivity index (χ4v) is 7.45. The van der Waals surface area contributed by atoms with Crippen LogP contribution in [0, 0.1) is 0 Å². The number of esters is 8. The number of alkyl halides is 1. The third-order valence-electron chi connectivity index (χ3n) is 9.28. The first-order chi connectivity index (χ1) is 34.6. The lowest BCUT2D eigenvalue weighted by Gasteiger charge is -2.44. The molecule has 0 aliphatic carbocycles. The molecule has 3 N–H and O–H groups in total. The molecule has 0 radical (unpaired) electrons. The molecule has 0 aromatic heterocycles. The monoisotopic (exact) mass is 1150 g/mol. The molecule has 2 amide bonds. The summed E-state index contributed by atoms with van der Waals surface area (Å²) in [7, 11) is 0. The van der Waals surface area contributed by atoms with E-state index < -0.39 is 137 Å². The predicted molar refractivity (Wildman–Crippen MR) is 262 cm³/mol. The van der Waals surface area contributed by atoms with E-state index in [1.165, 1.54) is 20.8 Å². The smallest absolute Gasteiger partial charge is 0.407 e. The van der Waals surface area contributed by atoms with Gasteiger partial charge in [-0.1, -0.05) is 42.6 Å². The molecule has 75 heavy (non-hydrogen) atoms. The summed E-state index contributed by atoms with van der Waals surface area (Å²) in [5, 5.41) is 13.4. The summed E-state index contributed by atoms with van der Waals surface area (Å²) in [5.41, 5.74) is -1.20. The quantitative estimate of drug-likeness (QED) is 0.0883. The summed E-state index contributed by atoms with van der Waals surface area (Å²) in [5.74, 6) is -5.37. The Morgan fingerprint density at radius 3 is 1.19 bits per heavy atom. The molecule has 0 aromatic rings. The van der Waals surface area contributed by atoms with E-state index >= 15 is 0 Å². The molecule has 0 aromatic carbocycles. The molecule has 26 nitrogen and oxygen atoms in total. The second kappa shape index (κ2) is 34.3. The Morgan fingerprint density at radius 1 is 0.493 bits per heavy atom. The van der Waals surface area contributed by atoms with E-state index in [2.05, 4.69) is 26.6 Å². The summed E-state index contributed by atoms with van der Waals surface area (Å²) >= 11 is 3.18. The van der Waals surface area contributed by atoms with Gasteiger partial charge < -0.3 is 77.3 Å². The van der Waals surface area contributed by atoms with E-state index in [9.17, 15) is 47.9 Å². The molecular weight excluding hydrogens is 1070 g/mol. The number of aliphatic hydroxyl groups excluding tert-OH is 1. The average molecular weight is 1150 g/mol. The number of alkyl carbamates (subject to hydrolysis) is 2. The van der Waals surface area contributed by atoms with Crippen molar-refractivity contribution in [2.75, 3.05) is 26.4 Å². The van der Waals surface area contributed by atoms with Gasteiger partial charge in [0.2, 0.25) is 0 Å². The van der Waals surface area contributed by atoms with Crippen LogP contribution in [0.15, 0.2) is 0 Å². The van der Waals surface area contributed by atoms with Crippen LogP contribution in [0.1, 0.15) is 136 Å². The van der Waals surface area contributed by atoms with E-state index in [1.807, 2.05) is 13.8 Å². The van der Waals surface area contributed by atoms with Crippen LogP contribution in [0.2, 0.25) is 0 Å². The number of halogens is 1. The number of hydrogen-bond acceptors (Lipinski definition) is 24. The van der Waals surface area contributed by atoms with E-state index in [1.54, 1.807) is 41.5 Å². The Bertz CT molecular complexity index is 1870. The topological polar surface area (TPSA) is 335 Å². The van der Waals surface area contributed by atoms with Crippen molar-refractivity contribution < 1.29 is 115 Å². The second-order valence-electron chi connectivity index (χ2n) is 18.9. The number of carbonyl (C=O) groups is 10. The summed E-state index contributed by atoms with van der Waals surface area (Å²) in [4.78, 5) is 116. The normalized spacial score (nSPS) is 23.9. The highest BCUT2D eigenvalue weighted by Gasteiger charge is 2.54. The van der Waals surface area contributed by atoms with Crippen molar-refractivity contribution in [3.05, 3.63) is 0 Å². The van der Waals surface area contributed by atoms with Gasteiger partial charge in [0.1, 0.15) is 36.6 Å². The third kappa shape index (κ3) is 30.7. The molecule has 2 aliphatic heterocycles. The molecule has 2 fully saturated rings. The third-order valence-corrected chi connectivity index (χ3v) is 10.0. The second-order valence-corrected chi connectivity index (χ2v) is 19.8. The molecule has 27 heteroatoms. The van der Waals surface area contributed by atoms with Gasteiger partial charge in [-0.25, -0.2) is 9.59 Å². The standard InChI is InChI=1S/C24H39NO12.C14H19BrO9.C10H21NO3/c1-9-10-17(25-23(30)37-24(6,7)8)11-32-22-21(35-16(5)29)20(34-15(4)28)19(33-14(3)27)18(36-22)12-31-13(2)26;1-6(16)20-5-10-11(21-7(2)17)12(22-8(3)18)13(14(15)24-10)23-9(4)19;1-5-6-8(7-12)11-9(13)14-10(2,3)4/h17-22H,9-12H2,1-8H3,(H,25,30);10-14H,5H2,1-4H3;8,12H,5-7H2,1-4H3,(H,11,13). The molecule has 2 aliphatic rings. The molecule has 432 valence electrons. The zero-order valence-corrected chi connectivity index (χ0v) is 47.4. The lowest BCUT2D eigenvalue weighted by Crippen LogP contribution is -2.63. The highest BCUT2D eigenvalue weighted by atomic mass is 79.9. The van der Waals surface area contributed by atoms with Crippen molar-refractivity contribution in [2.24, 2.45) is 0 Å². The van der Waals surface area contributed by atoms with Crippen LogP contribution in [-0.4, -0.2) is 175 Å². The van der Waals surface area contributed by atoms with Crippen molar-refractivity contribution in [1.29, 1.82) is 0 Å². The molecule has 12 unspecified atom stereocenters. The number of hydrogen-bond donors (Lipinski definition) is 3. The van der Waals surface area contributed by atoms with E-state index in [-0.39, 0.29) is 32.5 Å². The first kappa shape index (κ1) is 69.6. The van der Waals surface area contributed by atoms with Crippen molar-refractivity contribution in [1.82, 2.24) is 10.6 Å². The number of aliphatic hydroxyl groups is 1. The Labute approximate surface area is 446 Å². The van der Waals surface area contributed by atoms with Crippen LogP contribution >= 0.6 is 15.9 Å². The Balaban J connectivity index is 0.00000123. The maximum atomic E-state index is 12.3. The maximum absolute atomic E-state index is 12.3. The van der Waals surface area contributed by atoms with Crippen molar-refractivity contribution >= 4 is 75.9 Å². The molecular formula is C48H79BrN2O24. The number of nitrogens with one attached hydrogen (secondary N) is 2. The van der Waals surface area contributed by atoms with E-state index in [4.69, 9.17) is 66.7 Å². The number of carbonyl (C=O) groups excluding carboxylic acids is 10. The Kier molecular flexibility index (Phi) is 31.9. The fourth-order valence-electron chi connectivity index (χ4n) is 6.76. The minimum atomic E-state index is -1.34. The zero-order valence-electron chi connectivity index (χ0n) is 45.8. The van der Waals surface area contributed by atoms with Crippen molar-refractivity contribution in [3.63, 3.8) is 0 Å². The highest BCUT2D eigenvalue weighted by molar-refractivity contribution is 9.09. The van der Waals surface area contributed by atoms with Crippen LogP contribution in [0.5, 0.6) is 0 Å². The van der Waals surface area contributed by atoms with Gasteiger partial charge in [0.15, 0.2) is 47.9 Å². The minimum Gasteiger partial charge on any atom is -0.463 e. The van der Waals surface area contributed by atoms with Gasteiger partial charge in [-0.2, -0.15) is 0 Å². The molecule has 2 heterocycles. The molecule has 2 rings (SSSR count). The average Bonchev–Trinajstić information content (AvgIpc) is 3.23. The molecule has 0 bridgehead atoms. The number of amides is 2. The maximum Gasteiger partial charge on any atom is 0.407 e. The van der Waals surface area contributed by atoms with Crippen LogP contribution in [-0.2, 0) is 99.9 Å². The van der Waals surface area contributed by atoms with Gasteiger partial charge in [-0.15, -0.1) is 0 Å². The van der Waals surface area contributed by atoms with Gasteiger partial charge in [-0.3, -0.25) is 38.4 Å². The van der Waals surface area contributed by atoms with E-state index in [0.29, 0.717) is 12.8 Å². The van der Waals surface area contributed by atoms with Gasteiger partial charge >= 0.3 is 59.9 Å². The molecule has 2 saturated heterocycles. The van der Waals surface area contributed by atoms with Crippen LogP contribution < -0.4 is 10.6 Å². The highest BCUT2D eigenvalue weighted by Crippen LogP contribution is 2.33. The largest absolute Gasteiger partial charge is 0.463 e. The summed E-state index contributed by atoms with van der Waals surface area (Å²) < 4.78 is 69.2. The SMILES string of the molecule is CC(=O)OCC1OC(Br)C(OC(C)=O)C(OC(C)=O)C1OC(C)=O.CCCC(CO)NC(=O)OC(C)(C)C.CCCC(COC1OC(COC(C)=O)C(OC(C)=O)C(OC(C)=O)C1OC(C)=O)NC(=O)OC(C)(C)C. The van der Waals surface area contributed by atoms with Crippen molar-refractivity contribution in [2.45, 2.75) is 220 Å². The molecule has 0 spiro atoms. The lowest BCUT2D eigenvalue weighted by molar-refractivity contribution is -0.309. The minimum absolute atomic E-state index is 0.0485. The Morgan fingerprint density at radius 2 is 0.827 bits per heavy atom. The van der Waals surface area contributed by atoms with Gasteiger partial charge in [0.05, 0.1) is 25.3 Å².